The van der Waals surface area contributed by atoms with Crippen molar-refractivity contribution in [2.45, 2.75) is 26.9 Å². The number of nitrogens with two attached hydrogens (primary N) is 1. The Bertz CT molecular complexity index is 575. The molecule has 0 fully saturated rings. The van der Waals surface area contributed by atoms with Gasteiger partial charge in [0.05, 0.1) is 23.2 Å². The Kier molecular flexibility index (Phi) is 3.64. The molecule has 0 unspecified atom stereocenters. The number of benzene rings is 1. The molecule has 5 nitrogen and oxygen atoms in total. The Morgan fingerprint density at radius 1 is 1.37 bits per heavy atom. The van der Waals surface area contributed by atoms with E-state index < -0.39 is 0 Å². The van der Waals surface area contributed by atoms with Gasteiger partial charge in [0.25, 0.3) is 0 Å². The smallest absolute Gasteiger partial charge is 0.144 e. The van der Waals surface area contributed by atoms with Gasteiger partial charge in [-0.25, -0.2) is 0 Å². The molecule has 0 spiro atoms. The third kappa shape index (κ3) is 3.19. The molecule has 2 aromatic rings. The fraction of sp³-hybridized carbons (Fsp3) is 0.357. The van der Waals surface area contributed by atoms with Crippen molar-refractivity contribution in [2.75, 3.05) is 11.1 Å². The summed E-state index contributed by atoms with van der Waals surface area (Å²) in [6.07, 6.45) is 2.03. The topological polar surface area (TPSA) is 65.1 Å². The normalized spacial score (nSPS) is 10.8. The second kappa shape index (κ2) is 5.22. The van der Waals surface area contributed by atoms with Crippen LogP contribution in [0.15, 0.2) is 24.4 Å². The van der Waals surface area contributed by atoms with Crippen molar-refractivity contribution in [3.05, 3.63) is 30.1 Å². The molecule has 0 aliphatic heterocycles. The largest absolute Gasteiger partial charge is 0.489 e. The highest BCUT2D eigenvalue weighted by Gasteiger charge is 2.07. The van der Waals surface area contributed by atoms with Crippen LogP contribution in [0.4, 0.5) is 17.1 Å². The van der Waals surface area contributed by atoms with Crippen LogP contribution in [0.1, 0.15) is 19.5 Å². The number of hydrogen-bond acceptors (Lipinski definition) is 4. The van der Waals surface area contributed by atoms with E-state index in [2.05, 4.69) is 10.4 Å². The standard InChI is InChI=1S/C14H20N4O/c1-9(2)19-14-7-11(5-6-12(14)15)16-13-8-18(4)17-10(13)3/h5-9,16H,15H2,1-4H3. The minimum atomic E-state index is 0.0951. The molecule has 3 N–H and O–H groups in total. The summed E-state index contributed by atoms with van der Waals surface area (Å²) >= 11 is 0. The maximum atomic E-state index is 5.90. The van der Waals surface area contributed by atoms with Gasteiger partial charge >= 0.3 is 0 Å². The highest BCUT2D eigenvalue weighted by atomic mass is 16.5. The SMILES string of the molecule is Cc1nn(C)cc1Nc1ccc(N)c(OC(C)C)c1. The average Bonchev–Trinajstić information content (AvgIpc) is 2.61. The Balaban J connectivity index is 2.23. The van der Waals surface area contributed by atoms with E-state index in [-0.39, 0.29) is 6.10 Å². The van der Waals surface area contributed by atoms with Gasteiger partial charge in [-0.3, -0.25) is 4.68 Å². The summed E-state index contributed by atoms with van der Waals surface area (Å²) in [4.78, 5) is 0. The molecule has 1 heterocycles. The van der Waals surface area contributed by atoms with Crippen molar-refractivity contribution < 1.29 is 4.74 Å². The van der Waals surface area contributed by atoms with Gasteiger partial charge in [-0.15, -0.1) is 0 Å². The van der Waals surface area contributed by atoms with Gasteiger partial charge in [-0.05, 0) is 32.9 Å². The number of ether oxygens (including phenoxy) is 1. The van der Waals surface area contributed by atoms with Crippen molar-refractivity contribution >= 4 is 17.1 Å². The number of hydrogen-bond donors (Lipinski definition) is 2. The molecule has 19 heavy (non-hydrogen) atoms. The predicted molar refractivity (Wildman–Crippen MR) is 77.8 cm³/mol. The number of nitrogens with zero attached hydrogens (tertiary/aromatic N) is 2. The lowest BCUT2D eigenvalue weighted by Crippen LogP contribution is -2.07. The number of nitrogen functional groups attached to an aromatic ring is 1. The highest BCUT2D eigenvalue weighted by molar-refractivity contribution is 5.67. The molecule has 0 saturated heterocycles. The van der Waals surface area contributed by atoms with Crippen molar-refractivity contribution in [1.82, 2.24) is 9.78 Å². The molecule has 2 rings (SSSR count). The van der Waals surface area contributed by atoms with E-state index in [1.54, 1.807) is 4.68 Å². The van der Waals surface area contributed by atoms with Gasteiger partial charge in [0.2, 0.25) is 0 Å². The zero-order valence-corrected chi connectivity index (χ0v) is 11.8. The lowest BCUT2D eigenvalue weighted by atomic mass is 10.2. The summed E-state index contributed by atoms with van der Waals surface area (Å²) in [7, 11) is 1.90. The molecular weight excluding hydrogens is 240 g/mol. The van der Waals surface area contributed by atoms with E-state index in [0.717, 1.165) is 17.1 Å². The third-order valence-corrected chi connectivity index (χ3v) is 2.67. The first-order chi connectivity index (χ1) is 8.95. The lowest BCUT2D eigenvalue weighted by molar-refractivity contribution is 0.244. The molecule has 0 bridgehead atoms. The second-order valence-corrected chi connectivity index (χ2v) is 4.85. The Morgan fingerprint density at radius 3 is 2.68 bits per heavy atom. The summed E-state index contributed by atoms with van der Waals surface area (Å²) in [5.74, 6) is 0.696. The minimum Gasteiger partial charge on any atom is -0.489 e. The van der Waals surface area contributed by atoms with Crippen LogP contribution in [0.3, 0.4) is 0 Å². The van der Waals surface area contributed by atoms with Crippen LogP contribution in [0.25, 0.3) is 0 Å². The summed E-state index contributed by atoms with van der Waals surface area (Å²) < 4.78 is 7.45. The van der Waals surface area contributed by atoms with Crippen LogP contribution in [-0.4, -0.2) is 15.9 Å². The minimum absolute atomic E-state index is 0.0951. The molecule has 102 valence electrons. The van der Waals surface area contributed by atoms with Gasteiger partial charge < -0.3 is 15.8 Å². The number of rotatable bonds is 4. The van der Waals surface area contributed by atoms with Crippen LogP contribution in [-0.2, 0) is 7.05 Å². The van der Waals surface area contributed by atoms with Crippen molar-refractivity contribution in [1.29, 1.82) is 0 Å². The third-order valence-electron chi connectivity index (χ3n) is 2.67. The molecule has 0 amide bonds. The van der Waals surface area contributed by atoms with Gasteiger partial charge in [-0.2, -0.15) is 5.10 Å². The van der Waals surface area contributed by atoms with Crippen LogP contribution in [0.2, 0.25) is 0 Å². The van der Waals surface area contributed by atoms with Crippen LogP contribution < -0.4 is 15.8 Å². The summed E-state index contributed by atoms with van der Waals surface area (Å²) in [6.45, 7) is 5.92. The van der Waals surface area contributed by atoms with E-state index in [0.29, 0.717) is 11.4 Å². The Labute approximate surface area is 113 Å². The van der Waals surface area contributed by atoms with E-state index in [1.165, 1.54) is 0 Å². The molecule has 0 radical (unpaired) electrons. The van der Waals surface area contributed by atoms with E-state index in [4.69, 9.17) is 10.5 Å². The second-order valence-electron chi connectivity index (χ2n) is 4.85. The van der Waals surface area contributed by atoms with Gasteiger partial charge in [0, 0.05) is 25.0 Å². The van der Waals surface area contributed by atoms with Crippen molar-refractivity contribution in [3.63, 3.8) is 0 Å². The Hall–Kier alpha value is -2.17. The Morgan fingerprint density at radius 2 is 2.11 bits per heavy atom. The number of nitrogens with one attached hydrogen (secondary N) is 1. The first-order valence-electron chi connectivity index (χ1n) is 6.29. The van der Waals surface area contributed by atoms with Crippen LogP contribution in [0.5, 0.6) is 5.75 Å². The summed E-state index contributed by atoms with van der Waals surface area (Å²) in [5.41, 5.74) is 9.39. The highest BCUT2D eigenvalue weighted by Crippen LogP contribution is 2.28. The lowest BCUT2D eigenvalue weighted by Gasteiger charge is -2.14. The van der Waals surface area contributed by atoms with Crippen molar-refractivity contribution in [3.8, 4) is 5.75 Å². The monoisotopic (exact) mass is 260 g/mol. The van der Waals surface area contributed by atoms with E-state index in [9.17, 15) is 0 Å². The summed E-state index contributed by atoms with van der Waals surface area (Å²) in [6, 6.07) is 5.67. The zero-order chi connectivity index (χ0) is 14.0. The molecule has 1 aromatic carbocycles. The van der Waals surface area contributed by atoms with E-state index in [1.807, 2.05) is 52.2 Å². The first-order valence-corrected chi connectivity index (χ1v) is 6.29. The molecule has 0 atom stereocenters. The first kappa shape index (κ1) is 13.3. The number of anilines is 3. The molecule has 0 aliphatic carbocycles. The quantitative estimate of drug-likeness (QED) is 0.830. The molecule has 5 heteroatoms. The van der Waals surface area contributed by atoms with Gasteiger partial charge in [-0.1, -0.05) is 0 Å². The fourth-order valence-electron chi connectivity index (χ4n) is 1.85. The zero-order valence-electron chi connectivity index (χ0n) is 11.8. The van der Waals surface area contributed by atoms with Crippen LogP contribution in [0, 0.1) is 6.92 Å². The number of aromatic nitrogens is 2. The van der Waals surface area contributed by atoms with Gasteiger partial charge in [0.1, 0.15) is 5.75 Å². The maximum absolute atomic E-state index is 5.90. The molecule has 0 aliphatic rings. The van der Waals surface area contributed by atoms with Crippen molar-refractivity contribution in [2.24, 2.45) is 7.05 Å². The molecule has 0 saturated carbocycles. The fourth-order valence-corrected chi connectivity index (χ4v) is 1.85. The summed E-state index contributed by atoms with van der Waals surface area (Å²) in [5, 5.41) is 7.61. The number of aryl methyl sites for hydroxylation is 2. The molecular formula is C14H20N4O. The van der Waals surface area contributed by atoms with Gasteiger partial charge in [0.15, 0.2) is 0 Å². The van der Waals surface area contributed by atoms with Crippen LogP contribution >= 0.6 is 0 Å². The van der Waals surface area contributed by atoms with E-state index >= 15 is 0 Å². The molecule has 1 aromatic heterocycles. The average molecular weight is 260 g/mol. The maximum Gasteiger partial charge on any atom is 0.144 e. The predicted octanol–water partition coefficient (Wildman–Crippen LogP) is 2.84.